The zero-order valence-electron chi connectivity index (χ0n) is 23.1. The Morgan fingerprint density at radius 1 is 0.333 bits per heavy atom. The zero-order valence-corrected chi connectivity index (χ0v) is 23.1. The monoisotopic (exact) mass is 539 g/mol. The Morgan fingerprint density at radius 2 is 0.738 bits per heavy atom. The van der Waals surface area contributed by atoms with E-state index < -0.39 is 0 Å². The van der Waals surface area contributed by atoms with Gasteiger partial charge in [-0.15, -0.1) is 0 Å². The van der Waals surface area contributed by atoms with Gasteiger partial charge in [-0.3, -0.25) is 0 Å². The van der Waals surface area contributed by atoms with Crippen LogP contribution in [0.1, 0.15) is 0 Å². The van der Waals surface area contributed by atoms with Crippen molar-refractivity contribution in [3.63, 3.8) is 0 Å². The van der Waals surface area contributed by atoms with Crippen molar-refractivity contribution in [1.29, 1.82) is 0 Å². The summed E-state index contributed by atoms with van der Waals surface area (Å²) >= 11 is 0. The van der Waals surface area contributed by atoms with E-state index >= 15 is 0 Å². The number of nitrogens with zero attached hydrogens (tertiary/aromatic N) is 3. The molecule has 3 heteroatoms. The van der Waals surface area contributed by atoms with Gasteiger partial charge >= 0.3 is 0 Å². The molecule has 0 unspecified atom stereocenters. The fourth-order valence-electron chi connectivity index (χ4n) is 5.43. The Bertz CT molecular complexity index is 1740. The van der Waals surface area contributed by atoms with Crippen LogP contribution in [-0.4, -0.2) is 4.98 Å². The quantitative estimate of drug-likeness (QED) is 0.201. The second kappa shape index (κ2) is 11.4. The van der Waals surface area contributed by atoms with Crippen molar-refractivity contribution in [3.05, 3.63) is 176 Å². The van der Waals surface area contributed by atoms with E-state index in [4.69, 9.17) is 4.98 Å². The van der Waals surface area contributed by atoms with Crippen molar-refractivity contribution < 1.29 is 0 Å². The Kier molecular flexibility index (Phi) is 6.89. The summed E-state index contributed by atoms with van der Waals surface area (Å²) in [6.07, 6.45) is 0. The molecule has 0 aliphatic rings. The smallest absolute Gasteiger partial charge is 0.0711 e. The molecule has 0 amide bonds. The van der Waals surface area contributed by atoms with Crippen LogP contribution in [0.3, 0.4) is 0 Å². The molecule has 0 atom stereocenters. The number of hydrogen-bond donors (Lipinski definition) is 0. The maximum absolute atomic E-state index is 5.10. The van der Waals surface area contributed by atoms with E-state index in [1.54, 1.807) is 0 Å². The molecule has 0 fully saturated rings. The van der Waals surface area contributed by atoms with E-state index in [2.05, 4.69) is 180 Å². The first-order valence-electron chi connectivity index (χ1n) is 14.2. The maximum Gasteiger partial charge on any atom is 0.0711 e. The van der Waals surface area contributed by atoms with Gasteiger partial charge < -0.3 is 9.80 Å². The molecule has 0 aliphatic carbocycles. The summed E-state index contributed by atoms with van der Waals surface area (Å²) in [4.78, 5) is 9.72. The molecule has 7 aromatic rings. The number of anilines is 6. The molecule has 1 aromatic heterocycles. The van der Waals surface area contributed by atoms with Crippen LogP contribution in [-0.2, 0) is 0 Å². The largest absolute Gasteiger partial charge is 0.310 e. The Labute approximate surface area is 246 Å². The Morgan fingerprint density at radius 3 is 1.19 bits per heavy atom. The molecule has 0 saturated carbocycles. The van der Waals surface area contributed by atoms with Crippen LogP contribution in [0.5, 0.6) is 0 Å². The van der Waals surface area contributed by atoms with Gasteiger partial charge in [-0.1, -0.05) is 97.1 Å². The maximum atomic E-state index is 5.10. The van der Waals surface area contributed by atoms with Crippen molar-refractivity contribution in [2.45, 2.75) is 0 Å². The number of pyridine rings is 1. The average Bonchev–Trinajstić information content (AvgIpc) is 3.07. The molecular formula is C39H29N3. The van der Waals surface area contributed by atoms with E-state index in [9.17, 15) is 0 Å². The molecule has 200 valence electrons. The number of aromatic nitrogens is 1. The number of para-hydroxylation sites is 5. The highest BCUT2D eigenvalue weighted by Crippen LogP contribution is 2.42. The van der Waals surface area contributed by atoms with Gasteiger partial charge in [0.15, 0.2) is 0 Å². The van der Waals surface area contributed by atoms with Crippen molar-refractivity contribution >= 4 is 45.0 Å². The van der Waals surface area contributed by atoms with E-state index in [-0.39, 0.29) is 0 Å². The van der Waals surface area contributed by atoms with Crippen LogP contribution < -0.4 is 9.80 Å². The molecule has 6 aromatic carbocycles. The van der Waals surface area contributed by atoms with Crippen LogP contribution in [0.25, 0.3) is 22.2 Å². The highest BCUT2D eigenvalue weighted by molar-refractivity contribution is 5.88. The third-order valence-corrected chi connectivity index (χ3v) is 7.37. The summed E-state index contributed by atoms with van der Waals surface area (Å²) in [6, 6.07) is 61.4. The summed E-state index contributed by atoms with van der Waals surface area (Å²) in [5.41, 5.74) is 9.40. The SMILES string of the molecule is c1ccc(N(c2ccccc2)c2cc(-c3ccc4ccccc4n3)cc(N(c3ccccc3)c3ccccc3)c2)cc1. The molecule has 0 bridgehead atoms. The lowest BCUT2D eigenvalue weighted by Gasteiger charge is -2.30. The van der Waals surface area contributed by atoms with E-state index in [1.807, 2.05) is 6.07 Å². The van der Waals surface area contributed by atoms with Gasteiger partial charge in [0, 0.05) is 45.1 Å². The van der Waals surface area contributed by atoms with Crippen molar-refractivity contribution in [3.8, 4) is 11.3 Å². The van der Waals surface area contributed by atoms with Gasteiger partial charge in [-0.05, 0) is 78.9 Å². The number of rotatable bonds is 7. The highest BCUT2D eigenvalue weighted by Gasteiger charge is 2.19. The second-order valence-corrected chi connectivity index (χ2v) is 10.1. The fraction of sp³-hybridized carbons (Fsp3) is 0. The fourth-order valence-corrected chi connectivity index (χ4v) is 5.43. The van der Waals surface area contributed by atoms with Crippen LogP contribution in [0, 0.1) is 0 Å². The van der Waals surface area contributed by atoms with Gasteiger partial charge in [-0.25, -0.2) is 4.98 Å². The lowest BCUT2D eigenvalue weighted by Crippen LogP contribution is -2.13. The molecule has 1 heterocycles. The minimum atomic E-state index is 0.930. The van der Waals surface area contributed by atoms with E-state index in [1.165, 1.54) is 0 Å². The topological polar surface area (TPSA) is 19.4 Å². The minimum absolute atomic E-state index is 0.930. The second-order valence-electron chi connectivity index (χ2n) is 10.1. The Balaban J connectivity index is 1.49. The summed E-state index contributed by atoms with van der Waals surface area (Å²) < 4.78 is 0. The van der Waals surface area contributed by atoms with Gasteiger partial charge in [-0.2, -0.15) is 0 Å². The standard InChI is InChI=1S/C39H29N3/c1-5-16-32(17-6-1)41(33-18-7-2-8-19-33)36-27-31(39-26-25-30-15-13-14-24-38(30)40-39)28-37(29-36)42(34-20-9-3-10-21-34)35-22-11-4-12-23-35/h1-29H. The Hall–Kier alpha value is -5.67. The van der Waals surface area contributed by atoms with E-state index in [0.717, 1.165) is 56.3 Å². The number of hydrogen-bond acceptors (Lipinski definition) is 3. The molecular weight excluding hydrogens is 510 g/mol. The molecule has 3 nitrogen and oxygen atoms in total. The third kappa shape index (κ3) is 5.12. The van der Waals surface area contributed by atoms with Crippen LogP contribution in [0.15, 0.2) is 176 Å². The molecule has 0 N–H and O–H groups in total. The number of benzene rings is 6. The molecule has 0 aliphatic heterocycles. The summed E-state index contributed by atoms with van der Waals surface area (Å²) in [7, 11) is 0. The summed E-state index contributed by atoms with van der Waals surface area (Å²) in [5, 5.41) is 1.13. The first-order valence-corrected chi connectivity index (χ1v) is 14.2. The normalized spacial score (nSPS) is 10.9. The predicted molar refractivity (Wildman–Crippen MR) is 177 cm³/mol. The van der Waals surface area contributed by atoms with Crippen LogP contribution in [0.2, 0.25) is 0 Å². The predicted octanol–water partition coefficient (Wildman–Crippen LogP) is 10.8. The lowest BCUT2D eigenvalue weighted by molar-refractivity contribution is 1.24. The summed E-state index contributed by atoms with van der Waals surface area (Å²) in [5.74, 6) is 0. The third-order valence-electron chi connectivity index (χ3n) is 7.37. The molecule has 0 saturated heterocycles. The minimum Gasteiger partial charge on any atom is -0.310 e. The van der Waals surface area contributed by atoms with Crippen molar-refractivity contribution in [1.82, 2.24) is 4.98 Å². The molecule has 42 heavy (non-hydrogen) atoms. The lowest BCUT2D eigenvalue weighted by atomic mass is 10.0. The van der Waals surface area contributed by atoms with Crippen molar-refractivity contribution in [2.75, 3.05) is 9.80 Å². The van der Waals surface area contributed by atoms with Crippen molar-refractivity contribution in [2.24, 2.45) is 0 Å². The average molecular weight is 540 g/mol. The highest BCUT2D eigenvalue weighted by atomic mass is 15.2. The molecule has 0 spiro atoms. The van der Waals surface area contributed by atoms with Crippen LogP contribution >= 0.6 is 0 Å². The van der Waals surface area contributed by atoms with Gasteiger partial charge in [0.2, 0.25) is 0 Å². The van der Waals surface area contributed by atoms with Crippen LogP contribution in [0.4, 0.5) is 34.1 Å². The zero-order chi connectivity index (χ0) is 28.1. The molecule has 7 rings (SSSR count). The van der Waals surface area contributed by atoms with Gasteiger partial charge in [0.25, 0.3) is 0 Å². The first kappa shape index (κ1) is 25.3. The van der Waals surface area contributed by atoms with Gasteiger partial charge in [0.05, 0.1) is 11.2 Å². The molecule has 0 radical (unpaired) electrons. The van der Waals surface area contributed by atoms with Gasteiger partial charge in [0.1, 0.15) is 0 Å². The first-order chi connectivity index (χ1) is 20.8. The van der Waals surface area contributed by atoms with E-state index in [0.29, 0.717) is 0 Å². The number of fused-ring (bicyclic) bond motifs is 1. The summed E-state index contributed by atoms with van der Waals surface area (Å²) in [6.45, 7) is 0.